The van der Waals surface area contributed by atoms with Crippen LogP contribution in [0.25, 0.3) is 0 Å². The molecule has 2 amide bonds. The number of hydrogen-bond acceptors (Lipinski definition) is 2. The Labute approximate surface area is 113 Å². The lowest BCUT2D eigenvalue weighted by Gasteiger charge is -2.23. The number of carbonyl (C=O) groups is 2. The molecule has 0 saturated heterocycles. The van der Waals surface area contributed by atoms with Gasteiger partial charge in [-0.1, -0.05) is 44.4 Å². The predicted octanol–water partition coefficient (Wildman–Crippen LogP) is 3.42. The highest BCUT2D eigenvalue weighted by molar-refractivity contribution is 6.21. The van der Waals surface area contributed by atoms with Crippen LogP contribution in [0.5, 0.6) is 0 Å². The Morgan fingerprint density at radius 2 is 1.74 bits per heavy atom. The normalized spacial score (nSPS) is 15.5. The van der Waals surface area contributed by atoms with E-state index in [0.717, 1.165) is 25.7 Å². The number of fused-ring (bicyclic) bond motifs is 1. The fraction of sp³-hybridized carbons (Fsp3) is 0.375. The lowest BCUT2D eigenvalue weighted by Crippen LogP contribution is -2.38. The van der Waals surface area contributed by atoms with Crippen LogP contribution < -0.4 is 0 Å². The van der Waals surface area contributed by atoms with Crippen molar-refractivity contribution in [2.75, 3.05) is 0 Å². The number of benzene rings is 1. The minimum absolute atomic E-state index is 0.193. The van der Waals surface area contributed by atoms with E-state index < -0.39 is 0 Å². The van der Waals surface area contributed by atoms with Crippen LogP contribution in [0.15, 0.2) is 36.9 Å². The second-order valence-electron chi connectivity index (χ2n) is 4.82. The van der Waals surface area contributed by atoms with Crippen LogP contribution in [0.4, 0.5) is 0 Å². The van der Waals surface area contributed by atoms with Gasteiger partial charge in [0.2, 0.25) is 0 Å². The van der Waals surface area contributed by atoms with Gasteiger partial charge in [0, 0.05) is 0 Å². The molecule has 0 spiro atoms. The number of unbranched alkanes of at least 4 members (excludes halogenated alkanes) is 2. The smallest absolute Gasteiger partial charge is 0.262 e. The SMILES string of the molecule is C=CC(CCCCC)N1C(=O)c2ccccc2C1=O. The molecule has 2 rings (SSSR count). The van der Waals surface area contributed by atoms with Crippen molar-refractivity contribution in [1.82, 2.24) is 4.90 Å². The molecule has 0 aromatic heterocycles. The van der Waals surface area contributed by atoms with Crippen molar-refractivity contribution in [3.63, 3.8) is 0 Å². The minimum Gasteiger partial charge on any atom is -0.269 e. The maximum absolute atomic E-state index is 12.3. The molecular formula is C16H19NO2. The molecular weight excluding hydrogens is 238 g/mol. The second kappa shape index (κ2) is 5.83. The summed E-state index contributed by atoms with van der Waals surface area (Å²) >= 11 is 0. The monoisotopic (exact) mass is 257 g/mol. The van der Waals surface area contributed by atoms with Crippen molar-refractivity contribution in [2.45, 2.75) is 38.6 Å². The molecule has 1 aliphatic rings. The maximum Gasteiger partial charge on any atom is 0.262 e. The third-order valence-electron chi connectivity index (χ3n) is 3.53. The topological polar surface area (TPSA) is 37.4 Å². The van der Waals surface area contributed by atoms with E-state index >= 15 is 0 Å². The maximum atomic E-state index is 12.3. The van der Waals surface area contributed by atoms with Gasteiger partial charge < -0.3 is 0 Å². The van der Waals surface area contributed by atoms with E-state index in [1.807, 2.05) is 0 Å². The van der Waals surface area contributed by atoms with Gasteiger partial charge in [0.1, 0.15) is 0 Å². The third kappa shape index (κ3) is 2.46. The van der Waals surface area contributed by atoms with Crippen molar-refractivity contribution in [3.8, 4) is 0 Å². The molecule has 1 heterocycles. The summed E-state index contributed by atoms with van der Waals surface area (Å²) in [6.45, 7) is 5.90. The van der Waals surface area contributed by atoms with Crippen LogP contribution in [0.1, 0.15) is 53.3 Å². The quantitative estimate of drug-likeness (QED) is 0.445. The first kappa shape index (κ1) is 13.5. The van der Waals surface area contributed by atoms with E-state index in [1.165, 1.54) is 4.90 Å². The van der Waals surface area contributed by atoms with Crippen molar-refractivity contribution in [1.29, 1.82) is 0 Å². The zero-order valence-corrected chi connectivity index (χ0v) is 11.3. The van der Waals surface area contributed by atoms with Gasteiger partial charge in [-0.05, 0) is 18.6 Å². The number of imide groups is 1. The van der Waals surface area contributed by atoms with Crippen molar-refractivity contribution >= 4 is 11.8 Å². The molecule has 1 unspecified atom stereocenters. The molecule has 19 heavy (non-hydrogen) atoms. The Morgan fingerprint density at radius 3 is 2.21 bits per heavy atom. The molecule has 1 aliphatic heterocycles. The van der Waals surface area contributed by atoms with Crippen LogP contribution in [0.3, 0.4) is 0 Å². The summed E-state index contributed by atoms with van der Waals surface area (Å²) in [5.74, 6) is -0.385. The zero-order chi connectivity index (χ0) is 13.8. The summed E-state index contributed by atoms with van der Waals surface area (Å²) in [6.07, 6.45) is 5.72. The molecule has 1 aromatic rings. The third-order valence-corrected chi connectivity index (χ3v) is 3.53. The van der Waals surface area contributed by atoms with Crippen LogP contribution in [0, 0.1) is 0 Å². The molecule has 0 radical (unpaired) electrons. The molecule has 0 N–H and O–H groups in total. The molecule has 0 aliphatic carbocycles. The molecule has 0 bridgehead atoms. The predicted molar refractivity (Wildman–Crippen MR) is 75.1 cm³/mol. The van der Waals surface area contributed by atoms with Gasteiger partial charge in [-0.15, -0.1) is 6.58 Å². The summed E-state index contributed by atoms with van der Waals surface area (Å²) in [5, 5.41) is 0. The Balaban J connectivity index is 2.20. The highest BCUT2D eigenvalue weighted by Gasteiger charge is 2.38. The van der Waals surface area contributed by atoms with E-state index in [2.05, 4.69) is 13.5 Å². The number of rotatable bonds is 6. The van der Waals surface area contributed by atoms with Crippen LogP contribution in [-0.2, 0) is 0 Å². The van der Waals surface area contributed by atoms with E-state index in [-0.39, 0.29) is 17.9 Å². The first-order valence-electron chi connectivity index (χ1n) is 6.80. The highest BCUT2D eigenvalue weighted by atomic mass is 16.2. The summed E-state index contributed by atoms with van der Waals surface area (Å²) in [7, 11) is 0. The fourth-order valence-corrected chi connectivity index (χ4v) is 2.46. The number of amides is 2. The van der Waals surface area contributed by atoms with Crippen LogP contribution in [-0.4, -0.2) is 22.8 Å². The molecule has 0 fully saturated rings. The Kier molecular flexibility index (Phi) is 4.15. The fourth-order valence-electron chi connectivity index (χ4n) is 2.46. The van der Waals surface area contributed by atoms with E-state index in [1.54, 1.807) is 30.3 Å². The summed E-state index contributed by atoms with van der Waals surface area (Å²) in [5.41, 5.74) is 1.02. The second-order valence-corrected chi connectivity index (χ2v) is 4.82. The van der Waals surface area contributed by atoms with Gasteiger partial charge in [0.15, 0.2) is 0 Å². The average Bonchev–Trinajstić information content (AvgIpc) is 2.69. The Hall–Kier alpha value is -1.90. The van der Waals surface area contributed by atoms with Gasteiger partial charge in [-0.25, -0.2) is 0 Å². The number of hydrogen-bond donors (Lipinski definition) is 0. The largest absolute Gasteiger partial charge is 0.269 e. The molecule has 0 saturated carbocycles. The van der Waals surface area contributed by atoms with Crippen molar-refractivity contribution < 1.29 is 9.59 Å². The number of carbonyl (C=O) groups excluding carboxylic acids is 2. The van der Waals surface area contributed by atoms with E-state index in [9.17, 15) is 9.59 Å². The van der Waals surface area contributed by atoms with E-state index in [0.29, 0.717) is 11.1 Å². The molecule has 3 nitrogen and oxygen atoms in total. The average molecular weight is 257 g/mol. The van der Waals surface area contributed by atoms with E-state index in [4.69, 9.17) is 0 Å². The Morgan fingerprint density at radius 1 is 1.16 bits per heavy atom. The first-order chi connectivity index (χ1) is 9.20. The minimum atomic E-state index is -0.195. The Bertz CT molecular complexity index is 472. The van der Waals surface area contributed by atoms with Gasteiger partial charge in [0.05, 0.1) is 17.2 Å². The van der Waals surface area contributed by atoms with Crippen LogP contribution in [0.2, 0.25) is 0 Å². The van der Waals surface area contributed by atoms with Gasteiger partial charge >= 0.3 is 0 Å². The van der Waals surface area contributed by atoms with Gasteiger partial charge in [-0.3, -0.25) is 14.5 Å². The lowest BCUT2D eigenvalue weighted by molar-refractivity contribution is 0.0608. The highest BCUT2D eigenvalue weighted by Crippen LogP contribution is 2.26. The summed E-state index contributed by atoms with van der Waals surface area (Å²) in [4.78, 5) is 25.9. The van der Waals surface area contributed by atoms with Gasteiger partial charge in [0.25, 0.3) is 11.8 Å². The summed E-state index contributed by atoms with van der Waals surface area (Å²) < 4.78 is 0. The number of nitrogens with zero attached hydrogens (tertiary/aromatic N) is 1. The molecule has 1 atom stereocenters. The standard InChI is InChI=1S/C16H19NO2/c1-3-5-6-9-12(4-2)17-15(18)13-10-7-8-11-14(13)16(17)19/h4,7-8,10-12H,2-3,5-6,9H2,1H3. The summed E-state index contributed by atoms with van der Waals surface area (Å²) in [6, 6.07) is 6.80. The lowest BCUT2D eigenvalue weighted by atomic mass is 10.1. The van der Waals surface area contributed by atoms with Crippen molar-refractivity contribution in [3.05, 3.63) is 48.0 Å². The first-order valence-corrected chi connectivity index (χ1v) is 6.80. The zero-order valence-electron chi connectivity index (χ0n) is 11.3. The molecule has 1 aromatic carbocycles. The van der Waals surface area contributed by atoms with Crippen LogP contribution >= 0.6 is 0 Å². The molecule has 3 heteroatoms. The van der Waals surface area contributed by atoms with Crippen molar-refractivity contribution in [2.24, 2.45) is 0 Å². The molecule has 100 valence electrons. The van der Waals surface area contributed by atoms with Gasteiger partial charge in [-0.2, -0.15) is 0 Å².